The smallest absolute Gasteiger partial charge is 0.264 e. The second-order valence-corrected chi connectivity index (χ2v) is 12.5. The molecule has 0 aromatic heterocycles. The zero-order valence-electron chi connectivity index (χ0n) is 22.1. The number of aliphatic hydroxyl groups excluding tert-OH is 1. The van der Waals surface area contributed by atoms with Gasteiger partial charge in [0.05, 0.1) is 36.5 Å². The number of halogens is 1. The number of fused-ring (bicyclic) bond motifs is 3. The Labute approximate surface area is 237 Å². The van der Waals surface area contributed by atoms with Crippen molar-refractivity contribution in [1.82, 2.24) is 4.90 Å². The number of amides is 2. The summed E-state index contributed by atoms with van der Waals surface area (Å²) < 4.78 is 7.71. The third-order valence-electron chi connectivity index (χ3n) is 8.52. The molecule has 0 aliphatic carbocycles. The number of nitrogens with zero attached hydrogens (tertiary/aromatic N) is 2. The van der Waals surface area contributed by atoms with Crippen LogP contribution < -0.4 is 4.90 Å². The number of benzene rings is 2. The number of carbonyl (C=O) groups is 2. The third-order valence-corrected chi connectivity index (χ3v) is 9.19. The van der Waals surface area contributed by atoms with Gasteiger partial charge in [0.15, 0.2) is 5.60 Å². The molecular weight excluding hydrogens is 595 g/mol. The standard InChI is InChI=1S/C30H35IN2O5/c1-5-12-32-24-11-10-21(31)14-23(24)30(28(32)36)18(2)27(29(3,4)37)25(38-30)15-26(35)33-16-20-9-7-6-8-19(20)13-22(33)17-34/h5-11,14,18,22,25,27,34,37H,1,12-13,15-17H2,2-4H3/t18-,22+,25+,27-,30+/m1/s1. The molecule has 3 aliphatic rings. The van der Waals surface area contributed by atoms with Gasteiger partial charge in [-0.1, -0.05) is 37.3 Å². The van der Waals surface area contributed by atoms with E-state index in [4.69, 9.17) is 4.74 Å². The predicted molar refractivity (Wildman–Crippen MR) is 153 cm³/mol. The number of hydrogen-bond acceptors (Lipinski definition) is 5. The van der Waals surface area contributed by atoms with Gasteiger partial charge >= 0.3 is 0 Å². The van der Waals surface area contributed by atoms with Crippen LogP contribution in [0, 0.1) is 15.4 Å². The van der Waals surface area contributed by atoms with E-state index in [0.29, 0.717) is 19.5 Å². The van der Waals surface area contributed by atoms with Gasteiger partial charge in [0.1, 0.15) is 0 Å². The van der Waals surface area contributed by atoms with Gasteiger partial charge in [-0.3, -0.25) is 9.59 Å². The first-order valence-corrected chi connectivity index (χ1v) is 14.2. The lowest BCUT2D eigenvalue weighted by atomic mass is 9.70. The first-order chi connectivity index (χ1) is 18.0. The van der Waals surface area contributed by atoms with Gasteiger partial charge in [-0.25, -0.2) is 0 Å². The van der Waals surface area contributed by atoms with Crippen molar-refractivity contribution in [2.75, 3.05) is 18.1 Å². The van der Waals surface area contributed by atoms with Crippen LogP contribution in [-0.2, 0) is 32.9 Å². The molecule has 1 fully saturated rings. The minimum absolute atomic E-state index is 0.00735. The molecule has 5 atom stereocenters. The second-order valence-electron chi connectivity index (χ2n) is 11.3. The van der Waals surface area contributed by atoms with Crippen LogP contribution in [0.3, 0.4) is 0 Å². The summed E-state index contributed by atoms with van der Waals surface area (Å²) in [4.78, 5) is 31.3. The van der Waals surface area contributed by atoms with Gasteiger partial charge in [-0.2, -0.15) is 0 Å². The number of rotatable bonds is 6. The number of carbonyl (C=O) groups excluding carboxylic acids is 2. The Morgan fingerprint density at radius 3 is 2.63 bits per heavy atom. The Hall–Kier alpha value is -2.27. The van der Waals surface area contributed by atoms with Gasteiger partial charge in [0.25, 0.3) is 5.91 Å². The summed E-state index contributed by atoms with van der Waals surface area (Å²) in [7, 11) is 0. The van der Waals surface area contributed by atoms with Crippen molar-refractivity contribution < 1.29 is 24.5 Å². The van der Waals surface area contributed by atoms with Gasteiger partial charge in [-0.05, 0) is 72.2 Å². The normalized spacial score (nSPS) is 28.5. The SMILES string of the molecule is C=CCN1C(=O)[C@@]2(O[C@@H](CC(=O)N3Cc4ccccc4C[C@H]3CO)[C@H](C(C)(C)O)[C@H]2C)c2cc(I)ccc21. The molecular formula is C30H35IN2O5. The van der Waals surface area contributed by atoms with Gasteiger partial charge in [0.2, 0.25) is 5.91 Å². The lowest BCUT2D eigenvalue weighted by Crippen LogP contribution is -2.48. The lowest BCUT2D eigenvalue weighted by Gasteiger charge is -2.38. The van der Waals surface area contributed by atoms with E-state index in [1.807, 2.05) is 49.4 Å². The maximum Gasteiger partial charge on any atom is 0.264 e. The van der Waals surface area contributed by atoms with Crippen LogP contribution in [0.1, 0.15) is 43.9 Å². The van der Waals surface area contributed by atoms with Crippen molar-refractivity contribution in [3.63, 3.8) is 0 Å². The molecule has 2 amide bonds. The maximum absolute atomic E-state index is 14.1. The van der Waals surface area contributed by atoms with Crippen LogP contribution >= 0.6 is 22.6 Å². The summed E-state index contributed by atoms with van der Waals surface area (Å²) in [6.07, 6.45) is 1.59. The average molecular weight is 631 g/mol. The van der Waals surface area contributed by atoms with Crippen LogP contribution in [0.2, 0.25) is 0 Å². The highest BCUT2D eigenvalue weighted by atomic mass is 127. The molecule has 38 heavy (non-hydrogen) atoms. The number of hydrogen-bond donors (Lipinski definition) is 2. The van der Waals surface area contributed by atoms with Crippen LogP contribution in [0.25, 0.3) is 0 Å². The fraction of sp³-hybridized carbons (Fsp3) is 0.467. The van der Waals surface area contributed by atoms with E-state index >= 15 is 0 Å². The van der Waals surface area contributed by atoms with Crippen molar-refractivity contribution in [2.45, 2.75) is 63.5 Å². The maximum atomic E-state index is 14.1. The molecule has 1 spiro atoms. The van der Waals surface area contributed by atoms with Crippen LogP contribution in [0.5, 0.6) is 0 Å². The molecule has 2 aromatic carbocycles. The summed E-state index contributed by atoms with van der Waals surface area (Å²) in [6, 6.07) is 13.5. The zero-order chi connectivity index (χ0) is 27.4. The Kier molecular flexibility index (Phi) is 7.21. The molecule has 1 saturated heterocycles. The quantitative estimate of drug-likeness (QED) is 0.375. The Morgan fingerprint density at radius 2 is 1.97 bits per heavy atom. The number of ether oxygens (including phenoxy) is 1. The minimum atomic E-state index is -1.31. The van der Waals surface area contributed by atoms with E-state index in [2.05, 4.69) is 29.2 Å². The number of aliphatic hydroxyl groups is 2. The topological polar surface area (TPSA) is 90.3 Å². The first kappa shape index (κ1) is 27.3. The molecule has 0 saturated carbocycles. The van der Waals surface area contributed by atoms with E-state index in [-0.39, 0.29) is 30.9 Å². The number of anilines is 1. The van der Waals surface area contributed by atoms with E-state index in [1.165, 1.54) is 0 Å². The highest BCUT2D eigenvalue weighted by Crippen LogP contribution is 2.58. The van der Waals surface area contributed by atoms with Gasteiger partial charge in [-0.15, -0.1) is 6.58 Å². The Bertz CT molecular complexity index is 1270. The summed E-state index contributed by atoms with van der Waals surface area (Å²) in [5.41, 5.74) is 1.24. The summed E-state index contributed by atoms with van der Waals surface area (Å²) >= 11 is 2.23. The van der Waals surface area contributed by atoms with Crippen LogP contribution in [0.15, 0.2) is 55.1 Å². The molecule has 0 radical (unpaired) electrons. The van der Waals surface area contributed by atoms with E-state index in [9.17, 15) is 19.8 Å². The van der Waals surface area contributed by atoms with Crippen LogP contribution in [0.4, 0.5) is 5.69 Å². The predicted octanol–water partition coefficient (Wildman–Crippen LogP) is 3.78. The Balaban J connectivity index is 1.51. The molecule has 2 aromatic rings. The first-order valence-electron chi connectivity index (χ1n) is 13.1. The highest BCUT2D eigenvalue weighted by molar-refractivity contribution is 14.1. The molecule has 8 heteroatoms. The summed E-state index contributed by atoms with van der Waals surface area (Å²) in [6.45, 7) is 9.83. The van der Waals surface area contributed by atoms with E-state index < -0.39 is 29.1 Å². The fourth-order valence-electron chi connectivity index (χ4n) is 6.89. The minimum Gasteiger partial charge on any atom is -0.394 e. The van der Waals surface area contributed by atoms with Crippen LogP contribution in [-0.4, -0.2) is 57.8 Å². The lowest BCUT2D eigenvalue weighted by molar-refractivity contribution is -0.151. The highest BCUT2D eigenvalue weighted by Gasteiger charge is 2.66. The zero-order valence-corrected chi connectivity index (χ0v) is 24.2. The van der Waals surface area contributed by atoms with Crippen molar-refractivity contribution in [2.24, 2.45) is 11.8 Å². The molecule has 5 rings (SSSR count). The molecule has 3 heterocycles. The largest absolute Gasteiger partial charge is 0.394 e. The van der Waals surface area contributed by atoms with Crippen molar-refractivity contribution >= 4 is 40.1 Å². The fourth-order valence-corrected chi connectivity index (χ4v) is 7.38. The average Bonchev–Trinajstić information content (AvgIpc) is 3.29. The van der Waals surface area contributed by atoms with Crippen molar-refractivity contribution in [3.05, 3.63) is 75.4 Å². The monoisotopic (exact) mass is 630 g/mol. The molecule has 0 unspecified atom stereocenters. The van der Waals surface area contributed by atoms with E-state index in [0.717, 1.165) is 25.9 Å². The van der Waals surface area contributed by atoms with Gasteiger partial charge in [0, 0.05) is 34.1 Å². The molecule has 3 aliphatic heterocycles. The second kappa shape index (κ2) is 10.0. The summed E-state index contributed by atoms with van der Waals surface area (Å²) in [5, 5.41) is 21.4. The Morgan fingerprint density at radius 1 is 1.26 bits per heavy atom. The molecule has 7 nitrogen and oxygen atoms in total. The molecule has 202 valence electrons. The van der Waals surface area contributed by atoms with E-state index in [1.54, 1.807) is 29.7 Å². The molecule has 0 bridgehead atoms. The van der Waals surface area contributed by atoms with Crippen molar-refractivity contribution in [3.8, 4) is 0 Å². The summed E-state index contributed by atoms with van der Waals surface area (Å²) in [5.74, 6) is -1.21. The molecule has 2 N–H and O–H groups in total. The van der Waals surface area contributed by atoms with Gasteiger partial charge < -0.3 is 24.7 Å². The third kappa shape index (κ3) is 4.29. The van der Waals surface area contributed by atoms with Crippen molar-refractivity contribution in [1.29, 1.82) is 0 Å².